The van der Waals surface area contributed by atoms with E-state index in [1.807, 2.05) is 0 Å². The number of rotatable bonds is 5. The highest BCUT2D eigenvalue weighted by molar-refractivity contribution is 6.13. The third kappa shape index (κ3) is 5.65. The van der Waals surface area contributed by atoms with Gasteiger partial charge in [0.05, 0.1) is 32.9 Å². The summed E-state index contributed by atoms with van der Waals surface area (Å²) in [5, 5.41) is 4.91. The molecule has 2 heterocycles. The zero-order chi connectivity index (χ0) is 55.4. The third-order valence-corrected chi connectivity index (χ3v) is 20.8. The molecular weight excluding hydrogens is 1030 g/mol. The summed E-state index contributed by atoms with van der Waals surface area (Å²) in [6.45, 7) is 0. The van der Waals surface area contributed by atoms with Crippen LogP contribution < -0.4 is 0 Å². The molecule has 2 aromatic heterocycles. The number of carbonyl (C=O) groups is 1. The number of fused-ring (bicyclic) bond motifs is 28. The summed E-state index contributed by atoms with van der Waals surface area (Å²) in [5.41, 5.74) is 27.7. The van der Waals surface area contributed by atoms with Crippen LogP contribution in [0.2, 0.25) is 0 Å². The molecule has 0 saturated heterocycles. The Morgan fingerprint density at radius 3 is 1.00 bits per heavy atom. The quantitative estimate of drug-likeness (QED) is 0.125. The lowest BCUT2D eigenvalue weighted by Crippen LogP contribution is -2.27. The van der Waals surface area contributed by atoms with Crippen LogP contribution in [0.15, 0.2) is 285 Å². The number of allylic oxidation sites excluding steroid dienone is 4. The van der Waals surface area contributed by atoms with E-state index in [1.54, 1.807) is 0 Å². The Hall–Kier alpha value is -10.6. The fraction of sp³-hybridized carbons (Fsp3) is 0.0610. The van der Waals surface area contributed by atoms with Crippen LogP contribution in [0.5, 0.6) is 0 Å². The van der Waals surface area contributed by atoms with E-state index < -0.39 is 10.8 Å². The van der Waals surface area contributed by atoms with Gasteiger partial charge in [-0.25, -0.2) is 0 Å². The van der Waals surface area contributed by atoms with E-state index in [4.69, 9.17) is 0 Å². The summed E-state index contributed by atoms with van der Waals surface area (Å²) in [6, 6.07) is 97.0. The summed E-state index contributed by atoms with van der Waals surface area (Å²) >= 11 is 0. The lowest BCUT2D eigenvalue weighted by Gasteiger charge is -2.32. The fourth-order valence-electron chi connectivity index (χ4n) is 17.5. The maximum absolute atomic E-state index is 16.2. The first-order valence-electron chi connectivity index (χ1n) is 30.0. The van der Waals surface area contributed by atoms with Gasteiger partial charge in [-0.05, 0) is 155 Å². The summed E-state index contributed by atoms with van der Waals surface area (Å²) in [7, 11) is 0. The van der Waals surface area contributed by atoms with Crippen LogP contribution >= 0.6 is 0 Å². The Labute approximate surface area is 491 Å². The van der Waals surface area contributed by atoms with Gasteiger partial charge in [0, 0.05) is 61.8 Å². The highest BCUT2D eigenvalue weighted by Crippen LogP contribution is 2.66. The van der Waals surface area contributed by atoms with Crippen LogP contribution in [0.25, 0.3) is 99.5 Å². The van der Waals surface area contributed by atoms with E-state index in [9.17, 15) is 0 Å². The lowest BCUT2D eigenvalue weighted by molar-refractivity contribution is 0.103. The highest BCUT2D eigenvalue weighted by atomic mass is 16.1. The molecule has 394 valence electrons. The molecule has 2 spiro atoms. The maximum Gasteiger partial charge on any atom is 0.193 e. The number of benzene rings is 12. The van der Waals surface area contributed by atoms with Gasteiger partial charge in [-0.2, -0.15) is 0 Å². The van der Waals surface area contributed by atoms with Crippen LogP contribution in [0, 0.1) is 11.8 Å². The predicted molar refractivity (Wildman–Crippen MR) is 346 cm³/mol. The Balaban J connectivity index is 0.812. The lowest BCUT2D eigenvalue weighted by atomic mass is 9.69. The number of hydrogen-bond donors (Lipinski definition) is 0. The molecule has 3 nitrogen and oxygen atoms in total. The van der Waals surface area contributed by atoms with Crippen molar-refractivity contribution >= 4 is 49.4 Å². The smallest absolute Gasteiger partial charge is 0.193 e. The molecule has 0 N–H and O–H groups in total. The maximum atomic E-state index is 16.2. The molecule has 6 aliphatic rings. The first-order valence-corrected chi connectivity index (χ1v) is 30.0. The fourth-order valence-corrected chi connectivity index (χ4v) is 17.5. The van der Waals surface area contributed by atoms with Crippen LogP contribution in [-0.2, 0) is 10.8 Å². The predicted octanol–water partition coefficient (Wildman–Crippen LogP) is 19.3. The number of carbonyl (C=O) groups excluding carboxylic acids is 1. The monoisotopic (exact) mass is 1080 g/mol. The van der Waals surface area contributed by atoms with E-state index in [0.717, 1.165) is 22.5 Å². The van der Waals surface area contributed by atoms with Gasteiger partial charge in [0.2, 0.25) is 0 Å². The minimum atomic E-state index is -0.793. The Morgan fingerprint density at radius 2 is 0.588 bits per heavy atom. The molecule has 0 saturated carbocycles. The standard InChI is InChI=1S/C82H50N2O/c85-80(51-35-40-60-59-38-33-50(79-48-29-30-49(79)32-31-48)43-70(59)81(71(60)44-51)67-22-8-1-15-55(67)56-16-2-9-23-68(56)81)52-34-39-58-57-17-3-10-24-69(57)82(72(58)45-52)73-46-53(83-75-25-11-4-18-63(75)64-19-5-12-26-76(64)83)36-41-61(73)62-42-37-54(47-74(62)82)84-77-27-13-6-20-65(77)66-21-7-14-28-78(66)84/h1-49,79H. The Morgan fingerprint density at radius 1 is 0.282 bits per heavy atom. The van der Waals surface area contributed by atoms with E-state index >= 15 is 4.79 Å². The minimum Gasteiger partial charge on any atom is -0.309 e. The molecule has 3 heteroatoms. The summed E-state index contributed by atoms with van der Waals surface area (Å²) in [5.74, 6) is 1.22. The second-order valence-corrected chi connectivity index (χ2v) is 24.4. The van der Waals surface area contributed by atoms with Gasteiger partial charge in [-0.3, -0.25) is 4.79 Å². The Kier molecular flexibility index (Phi) is 8.83. The van der Waals surface area contributed by atoms with Gasteiger partial charge in [0.1, 0.15) is 0 Å². The van der Waals surface area contributed by atoms with Crippen LogP contribution in [0.3, 0.4) is 0 Å². The van der Waals surface area contributed by atoms with Crippen molar-refractivity contribution in [1.82, 2.24) is 9.13 Å². The van der Waals surface area contributed by atoms with Crippen molar-refractivity contribution in [1.29, 1.82) is 0 Å². The van der Waals surface area contributed by atoms with E-state index in [2.05, 4.69) is 294 Å². The normalized spacial score (nSPS) is 17.7. The van der Waals surface area contributed by atoms with Crippen molar-refractivity contribution in [2.45, 2.75) is 16.7 Å². The molecule has 14 aromatic rings. The van der Waals surface area contributed by atoms with Crippen molar-refractivity contribution in [2.24, 2.45) is 11.8 Å². The van der Waals surface area contributed by atoms with Crippen molar-refractivity contribution < 1.29 is 4.79 Å². The molecule has 0 unspecified atom stereocenters. The topological polar surface area (TPSA) is 26.9 Å². The first-order chi connectivity index (χ1) is 42.1. The summed E-state index contributed by atoms with van der Waals surface area (Å²) in [4.78, 5) is 16.2. The Bertz CT molecular complexity index is 5100. The molecule has 20 rings (SSSR count). The van der Waals surface area contributed by atoms with Gasteiger partial charge in [-0.1, -0.05) is 224 Å². The molecule has 0 aliphatic heterocycles. The van der Waals surface area contributed by atoms with Gasteiger partial charge < -0.3 is 9.13 Å². The average molecular weight is 1080 g/mol. The molecule has 2 bridgehead atoms. The SMILES string of the molecule is O=C(c1ccc2c(c1)C1(c3ccccc3-c3ccccc31)c1cc(C3C4C=CC3C=C4)ccc1-2)c1ccc2c(c1)C1(c3ccccc3-2)c2cc(-n3c4ccccc4c4ccccc43)ccc2-c2ccc(-n3c4ccccc4c4ccccc43)cc21. The van der Waals surface area contributed by atoms with Crippen molar-refractivity contribution in [3.05, 3.63) is 346 Å². The number of aromatic nitrogens is 2. The summed E-state index contributed by atoms with van der Waals surface area (Å²) in [6.07, 6.45) is 9.57. The van der Waals surface area contributed by atoms with E-state index in [0.29, 0.717) is 28.9 Å². The van der Waals surface area contributed by atoms with Crippen molar-refractivity contribution in [3.8, 4) is 55.9 Å². The molecule has 6 aliphatic carbocycles. The second-order valence-electron chi connectivity index (χ2n) is 24.4. The number of para-hydroxylation sites is 4. The van der Waals surface area contributed by atoms with Gasteiger partial charge in [0.25, 0.3) is 0 Å². The van der Waals surface area contributed by atoms with E-state index in [-0.39, 0.29) is 5.78 Å². The minimum absolute atomic E-state index is 0.0132. The average Bonchev–Trinajstić information content (AvgIpc) is 1.58. The highest BCUT2D eigenvalue weighted by Gasteiger charge is 2.54. The molecule has 12 aromatic carbocycles. The van der Waals surface area contributed by atoms with Gasteiger partial charge >= 0.3 is 0 Å². The zero-order valence-electron chi connectivity index (χ0n) is 46.2. The van der Waals surface area contributed by atoms with Crippen LogP contribution in [0.1, 0.15) is 71.9 Å². The van der Waals surface area contributed by atoms with Gasteiger partial charge in [-0.15, -0.1) is 0 Å². The van der Waals surface area contributed by atoms with E-state index in [1.165, 1.54) is 127 Å². The third-order valence-electron chi connectivity index (χ3n) is 20.8. The van der Waals surface area contributed by atoms with Crippen molar-refractivity contribution in [2.75, 3.05) is 0 Å². The molecule has 85 heavy (non-hydrogen) atoms. The molecule has 0 fully saturated rings. The molecular formula is C82H50N2O. The van der Waals surface area contributed by atoms with Crippen LogP contribution in [-0.4, -0.2) is 14.9 Å². The molecule has 0 amide bonds. The van der Waals surface area contributed by atoms with Gasteiger partial charge in [0.15, 0.2) is 5.78 Å². The molecule has 0 radical (unpaired) electrons. The number of ketones is 1. The summed E-state index contributed by atoms with van der Waals surface area (Å²) < 4.78 is 4.89. The second kappa shape index (κ2) is 16.3. The number of hydrogen-bond acceptors (Lipinski definition) is 1. The molecule has 0 atom stereocenters. The number of nitrogens with zero attached hydrogens (tertiary/aromatic N) is 2. The van der Waals surface area contributed by atoms with Crippen LogP contribution in [0.4, 0.5) is 0 Å². The zero-order valence-corrected chi connectivity index (χ0v) is 46.2. The van der Waals surface area contributed by atoms with Crippen molar-refractivity contribution in [3.63, 3.8) is 0 Å². The first kappa shape index (κ1) is 45.9. The largest absolute Gasteiger partial charge is 0.309 e.